The van der Waals surface area contributed by atoms with Crippen molar-refractivity contribution < 1.29 is 18.0 Å². The largest absolute Gasteiger partial charge is 0.416 e. The van der Waals surface area contributed by atoms with Crippen LogP contribution in [0.1, 0.15) is 66.5 Å². The van der Waals surface area contributed by atoms with Gasteiger partial charge >= 0.3 is 6.18 Å². The van der Waals surface area contributed by atoms with Crippen molar-refractivity contribution in [2.24, 2.45) is 5.92 Å². The predicted octanol–water partition coefficient (Wildman–Crippen LogP) is 5.43. The van der Waals surface area contributed by atoms with E-state index < -0.39 is 11.7 Å². The molecule has 1 N–H and O–H groups in total. The molecule has 0 atom stereocenters. The minimum atomic E-state index is -4.36. The molecule has 1 heterocycles. The second kappa shape index (κ2) is 9.49. The third-order valence-corrected chi connectivity index (χ3v) is 6.19. The Morgan fingerprint density at radius 2 is 1.86 bits per heavy atom. The number of carbonyl (C=O) groups excluding carboxylic acids is 1. The molecule has 0 aliphatic heterocycles. The molecule has 8 heteroatoms. The van der Waals surface area contributed by atoms with Gasteiger partial charge in [0.25, 0.3) is 5.91 Å². The van der Waals surface area contributed by atoms with Crippen molar-refractivity contribution in [3.8, 4) is 0 Å². The zero-order chi connectivity index (χ0) is 21.0. The molecular weight excluding hydrogens is 494 g/mol. The van der Waals surface area contributed by atoms with Crippen molar-refractivity contribution in [1.29, 1.82) is 0 Å². The standard InChI is InChI=1S/C21H25F3IN3O/c1-2-17-27-19(25)18(20(29)26-12-14-6-4-3-5-7-14)28(17)13-15-8-10-16(11-9-15)21(22,23)24/h8-11,14H,2-7,12-13H2,1H3,(H,26,29). The highest BCUT2D eigenvalue weighted by Crippen LogP contribution is 2.29. The fourth-order valence-corrected chi connectivity index (χ4v) is 4.63. The number of rotatable bonds is 6. The smallest absolute Gasteiger partial charge is 0.350 e. The Morgan fingerprint density at radius 3 is 2.45 bits per heavy atom. The molecule has 1 saturated carbocycles. The molecule has 2 aromatic rings. The first-order valence-corrected chi connectivity index (χ1v) is 11.1. The highest BCUT2D eigenvalue weighted by molar-refractivity contribution is 14.1. The van der Waals surface area contributed by atoms with Crippen LogP contribution in [0.25, 0.3) is 0 Å². The molecule has 1 aliphatic carbocycles. The highest BCUT2D eigenvalue weighted by Gasteiger charge is 2.30. The van der Waals surface area contributed by atoms with Crippen molar-refractivity contribution in [3.05, 3.63) is 50.6 Å². The third kappa shape index (κ3) is 5.52. The number of hydrogen-bond donors (Lipinski definition) is 1. The molecule has 1 aromatic heterocycles. The van der Waals surface area contributed by atoms with Gasteiger partial charge in [-0.3, -0.25) is 4.79 Å². The van der Waals surface area contributed by atoms with Gasteiger partial charge in [-0.1, -0.05) is 38.3 Å². The van der Waals surface area contributed by atoms with Crippen LogP contribution in [-0.4, -0.2) is 22.0 Å². The summed E-state index contributed by atoms with van der Waals surface area (Å²) in [5.74, 6) is 1.10. The highest BCUT2D eigenvalue weighted by atomic mass is 127. The molecule has 29 heavy (non-hydrogen) atoms. The summed E-state index contributed by atoms with van der Waals surface area (Å²) in [5, 5.41) is 3.05. The van der Waals surface area contributed by atoms with Gasteiger partial charge in [-0.2, -0.15) is 13.2 Å². The Labute approximate surface area is 182 Å². The van der Waals surface area contributed by atoms with Gasteiger partial charge in [0, 0.05) is 19.5 Å². The molecule has 0 spiro atoms. The van der Waals surface area contributed by atoms with Gasteiger partial charge in [-0.25, -0.2) is 4.98 Å². The number of hydrogen-bond acceptors (Lipinski definition) is 2. The lowest BCUT2D eigenvalue weighted by atomic mass is 9.89. The second-order valence-corrected chi connectivity index (χ2v) is 8.54. The second-order valence-electron chi connectivity index (χ2n) is 7.52. The summed E-state index contributed by atoms with van der Waals surface area (Å²) in [6.45, 7) is 2.91. The zero-order valence-electron chi connectivity index (χ0n) is 16.4. The molecule has 1 fully saturated rings. The van der Waals surface area contributed by atoms with Gasteiger partial charge in [0.15, 0.2) is 0 Å². The molecule has 0 unspecified atom stereocenters. The van der Waals surface area contributed by atoms with E-state index >= 15 is 0 Å². The number of imidazole rings is 1. The molecule has 3 rings (SSSR count). The van der Waals surface area contributed by atoms with Crippen molar-refractivity contribution in [2.45, 2.75) is 58.2 Å². The average Bonchev–Trinajstić information content (AvgIpc) is 3.02. The molecule has 1 amide bonds. The summed E-state index contributed by atoms with van der Waals surface area (Å²) < 4.78 is 40.9. The van der Waals surface area contributed by atoms with Gasteiger partial charge < -0.3 is 9.88 Å². The molecule has 1 aliphatic rings. The van der Waals surface area contributed by atoms with Gasteiger partial charge in [-0.05, 0) is 59.0 Å². The van der Waals surface area contributed by atoms with E-state index in [9.17, 15) is 18.0 Å². The zero-order valence-corrected chi connectivity index (χ0v) is 18.5. The van der Waals surface area contributed by atoms with Crippen LogP contribution < -0.4 is 5.32 Å². The Morgan fingerprint density at radius 1 is 1.21 bits per heavy atom. The maximum Gasteiger partial charge on any atom is 0.416 e. The number of carbonyl (C=O) groups is 1. The van der Waals surface area contributed by atoms with Crippen LogP contribution in [0.4, 0.5) is 13.2 Å². The molecule has 1 aromatic carbocycles. The van der Waals surface area contributed by atoms with E-state index in [0.717, 1.165) is 30.8 Å². The summed E-state index contributed by atoms with van der Waals surface area (Å²) in [6, 6.07) is 5.06. The number of nitrogens with one attached hydrogen (secondary N) is 1. The van der Waals surface area contributed by atoms with E-state index in [1.165, 1.54) is 31.4 Å². The van der Waals surface area contributed by atoms with Crippen LogP contribution in [0.5, 0.6) is 0 Å². The van der Waals surface area contributed by atoms with E-state index in [2.05, 4.69) is 32.9 Å². The van der Waals surface area contributed by atoms with E-state index in [0.29, 0.717) is 40.4 Å². The van der Waals surface area contributed by atoms with Crippen molar-refractivity contribution in [2.75, 3.05) is 6.54 Å². The van der Waals surface area contributed by atoms with Gasteiger partial charge in [-0.15, -0.1) is 0 Å². The first-order valence-electron chi connectivity index (χ1n) is 9.98. The monoisotopic (exact) mass is 519 g/mol. The number of benzene rings is 1. The SMILES string of the molecule is CCc1nc(I)c(C(=O)NCC2CCCCC2)n1Cc1ccc(C(F)(F)F)cc1. The normalized spacial score (nSPS) is 15.5. The first-order chi connectivity index (χ1) is 13.8. The van der Waals surface area contributed by atoms with Gasteiger partial charge in [0.05, 0.1) is 5.56 Å². The molecule has 0 saturated heterocycles. The van der Waals surface area contributed by atoms with Crippen molar-refractivity contribution >= 4 is 28.5 Å². The van der Waals surface area contributed by atoms with Crippen molar-refractivity contribution in [3.63, 3.8) is 0 Å². The summed E-state index contributed by atoms with van der Waals surface area (Å²) in [5.41, 5.74) is 0.503. The molecule has 0 bridgehead atoms. The lowest BCUT2D eigenvalue weighted by Gasteiger charge is -2.22. The maximum absolute atomic E-state index is 12.9. The summed E-state index contributed by atoms with van der Waals surface area (Å²) in [7, 11) is 0. The molecule has 4 nitrogen and oxygen atoms in total. The Hall–Kier alpha value is -1.58. The number of nitrogens with zero attached hydrogens (tertiary/aromatic N) is 2. The fourth-order valence-electron chi connectivity index (χ4n) is 3.82. The molecule has 0 radical (unpaired) electrons. The Kier molecular flexibility index (Phi) is 7.23. The lowest BCUT2D eigenvalue weighted by molar-refractivity contribution is -0.137. The van der Waals surface area contributed by atoms with Gasteiger partial charge in [0.1, 0.15) is 15.2 Å². The van der Waals surface area contributed by atoms with Crippen LogP contribution >= 0.6 is 22.6 Å². The fraction of sp³-hybridized carbons (Fsp3) is 0.524. The quantitative estimate of drug-likeness (QED) is 0.518. The van der Waals surface area contributed by atoms with E-state index in [-0.39, 0.29) is 5.91 Å². The Balaban J connectivity index is 1.78. The number of halogens is 4. The number of aromatic nitrogens is 2. The van der Waals surface area contributed by atoms with E-state index in [1.807, 2.05) is 11.5 Å². The van der Waals surface area contributed by atoms with Crippen molar-refractivity contribution in [1.82, 2.24) is 14.9 Å². The minimum Gasteiger partial charge on any atom is -0.350 e. The maximum atomic E-state index is 12.9. The van der Waals surface area contributed by atoms with Crippen LogP contribution in [0.3, 0.4) is 0 Å². The topological polar surface area (TPSA) is 46.9 Å². The summed E-state index contributed by atoms with van der Waals surface area (Å²) >= 11 is 2.06. The number of aryl methyl sites for hydroxylation is 1. The number of alkyl halides is 3. The predicted molar refractivity (Wildman–Crippen MR) is 114 cm³/mol. The molecular formula is C21H25F3IN3O. The number of amides is 1. The van der Waals surface area contributed by atoms with E-state index in [1.54, 1.807) is 0 Å². The van der Waals surface area contributed by atoms with Crippen LogP contribution in [0.2, 0.25) is 0 Å². The first kappa shape index (κ1) is 22.1. The Bertz CT molecular complexity index is 840. The summed E-state index contributed by atoms with van der Waals surface area (Å²) in [6.07, 6.45) is 2.24. The molecule has 158 valence electrons. The average molecular weight is 519 g/mol. The van der Waals surface area contributed by atoms with Gasteiger partial charge in [0.2, 0.25) is 0 Å². The van der Waals surface area contributed by atoms with Crippen LogP contribution in [0, 0.1) is 9.62 Å². The van der Waals surface area contributed by atoms with E-state index in [4.69, 9.17) is 0 Å². The third-order valence-electron chi connectivity index (χ3n) is 5.43. The minimum absolute atomic E-state index is 0.168. The van der Waals surface area contributed by atoms with Crippen LogP contribution in [-0.2, 0) is 19.1 Å². The van der Waals surface area contributed by atoms with Crippen LogP contribution in [0.15, 0.2) is 24.3 Å². The summed E-state index contributed by atoms with van der Waals surface area (Å²) in [4.78, 5) is 17.4. The lowest BCUT2D eigenvalue weighted by Crippen LogP contribution is -2.32.